The van der Waals surface area contributed by atoms with Gasteiger partial charge in [0.25, 0.3) is 0 Å². The summed E-state index contributed by atoms with van der Waals surface area (Å²) in [7, 11) is 1.53. The smallest absolute Gasteiger partial charge is 0.244 e. The van der Waals surface area contributed by atoms with Gasteiger partial charge in [0, 0.05) is 43.3 Å². The highest BCUT2D eigenvalue weighted by molar-refractivity contribution is 7.89. The molecule has 0 aliphatic heterocycles. The van der Waals surface area contributed by atoms with Gasteiger partial charge in [-0.05, 0) is 55.3 Å². The number of nitrogens with zero attached hydrogens (tertiary/aromatic N) is 4. The van der Waals surface area contributed by atoms with Gasteiger partial charge >= 0.3 is 0 Å². The molecule has 0 fully saturated rings. The monoisotopic (exact) mass is 465 g/mol. The maximum Gasteiger partial charge on any atom is 0.244 e. The molecule has 4 aromatic rings. The van der Waals surface area contributed by atoms with Crippen molar-refractivity contribution in [1.29, 1.82) is 0 Å². The van der Waals surface area contributed by atoms with E-state index in [-0.39, 0.29) is 17.2 Å². The first kappa shape index (κ1) is 22.8. The lowest BCUT2D eigenvalue weighted by Crippen LogP contribution is -2.24. The highest BCUT2D eigenvalue weighted by atomic mass is 32.2. The van der Waals surface area contributed by atoms with Gasteiger partial charge in [-0.2, -0.15) is 5.10 Å². The summed E-state index contributed by atoms with van der Waals surface area (Å²) in [5, 5.41) is 4.42. The topological polar surface area (TPSA) is 88.8 Å². The number of anilines is 1. The minimum atomic E-state index is -3.84. The zero-order valence-corrected chi connectivity index (χ0v) is 20.1. The fourth-order valence-corrected chi connectivity index (χ4v) is 4.91. The summed E-state index contributed by atoms with van der Waals surface area (Å²) in [4.78, 5) is 6.66. The van der Waals surface area contributed by atoms with Gasteiger partial charge < -0.3 is 9.64 Å². The molecule has 2 heterocycles. The largest absolute Gasteiger partial charge is 0.495 e. The van der Waals surface area contributed by atoms with Crippen LogP contribution in [-0.2, 0) is 16.6 Å². The molecule has 0 saturated heterocycles. The maximum absolute atomic E-state index is 13.2. The molecule has 33 heavy (non-hydrogen) atoms. The number of methoxy groups -OCH3 is 1. The fourth-order valence-electron chi connectivity index (χ4n) is 3.70. The van der Waals surface area contributed by atoms with Gasteiger partial charge in [0.15, 0.2) is 5.65 Å². The van der Waals surface area contributed by atoms with Crippen molar-refractivity contribution >= 4 is 21.4 Å². The quantitative estimate of drug-likeness (QED) is 0.449. The third-order valence-electron chi connectivity index (χ3n) is 5.46. The summed E-state index contributed by atoms with van der Waals surface area (Å²) in [6.45, 7) is 4.04. The van der Waals surface area contributed by atoms with Crippen LogP contribution in [0.4, 0.5) is 5.69 Å². The number of aryl methyl sites for hydroxylation is 2. The highest BCUT2D eigenvalue weighted by Gasteiger charge is 2.22. The standard InChI is InChI=1S/C24H27N5O3S/c1-16-12-17(2)29-24(27-16)21(15-25-29)19-8-11-22(32-5)23(13-19)33(30,31)26-14-18-6-9-20(10-7-18)28(3)4/h6-13,15,26H,14H2,1-5H3. The van der Waals surface area contributed by atoms with Crippen LogP contribution in [-0.4, -0.2) is 44.2 Å². The van der Waals surface area contributed by atoms with E-state index >= 15 is 0 Å². The SMILES string of the molecule is COc1ccc(-c2cnn3c(C)cc(C)nc23)cc1S(=O)(=O)NCc1ccc(N(C)C)cc1. The number of rotatable bonds is 7. The predicted molar refractivity (Wildman–Crippen MR) is 129 cm³/mol. The van der Waals surface area contributed by atoms with Crippen LogP contribution in [0.1, 0.15) is 17.0 Å². The molecule has 0 saturated carbocycles. The number of aromatic nitrogens is 3. The van der Waals surface area contributed by atoms with Crippen LogP contribution < -0.4 is 14.4 Å². The number of ether oxygens (including phenoxy) is 1. The van der Waals surface area contributed by atoms with Crippen molar-refractivity contribution in [1.82, 2.24) is 19.3 Å². The van der Waals surface area contributed by atoms with Crippen molar-refractivity contribution in [2.75, 3.05) is 26.1 Å². The van der Waals surface area contributed by atoms with E-state index in [9.17, 15) is 8.42 Å². The first-order chi connectivity index (χ1) is 15.7. The molecule has 4 rings (SSSR count). The first-order valence-electron chi connectivity index (χ1n) is 10.5. The van der Waals surface area contributed by atoms with Crippen LogP contribution in [0.2, 0.25) is 0 Å². The Balaban J connectivity index is 1.68. The van der Waals surface area contributed by atoms with E-state index in [2.05, 4.69) is 14.8 Å². The Morgan fingerprint density at radius 3 is 2.45 bits per heavy atom. The molecule has 2 aromatic carbocycles. The van der Waals surface area contributed by atoms with E-state index in [1.807, 2.05) is 69.2 Å². The molecule has 2 aromatic heterocycles. The maximum atomic E-state index is 13.2. The van der Waals surface area contributed by atoms with Crippen molar-refractivity contribution in [2.45, 2.75) is 25.3 Å². The second-order valence-corrected chi connectivity index (χ2v) is 9.82. The van der Waals surface area contributed by atoms with Crippen LogP contribution in [0.15, 0.2) is 59.6 Å². The zero-order valence-electron chi connectivity index (χ0n) is 19.3. The number of hydrogen-bond donors (Lipinski definition) is 1. The average molecular weight is 466 g/mol. The molecule has 0 unspecified atom stereocenters. The van der Waals surface area contributed by atoms with Crippen LogP contribution in [0.5, 0.6) is 5.75 Å². The second-order valence-electron chi connectivity index (χ2n) is 8.08. The fraction of sp³-hybridized carbons (Fsp3) is 0.250. The van der Waals surface area contributed by atoms with Gasteiger partial charge in [-0.25, -0.2) is 22.6 Å². The van der Waals surface area contributed by atoms with E-state index < -0.39 is 10.0 Å². The highest BCUT2D eigenvalue weighted by Crippen LogP contribution is 2.32. The number of benzene rings is 2. The minimum absolute atomic E-state index is 0.0659. The minimum Gasteiger partial charge on any atom is -0.495 e. The van der Waals surface area contributed by atoms with Gasteiger partial charge in [-0.15, -0.1) is 0 Å². The van der Waals surface area contributed by atoms with E-state index in [0.717, 1.165) is 28.2 Å². The van der Waals surface area contributed by atoms with Gasteiger partial charge in [0.1, 0.15) is 10.6 Å². The van der Waals surface area contributed by atoms with E-state index in [1.165, 1.54) is 7.11 Å². The Kier molecular flexibility index (Phi) is 6.09. The van der Waals surface area contributed by atoms with Crippen molar-refractivity contribution in [3.8, 4) is 16.9 Å². The van der Waals surface area contributed by atoms with Crippen LogP contribution in [0, 0.1) is 13.8 Å². The third kappa shape index (κ3) is 4.55. The lowest BCUT2D eigenvalue weighted by atomic mass is 10.1. The summed E-state index contributed by atoms with van der Waals surface area (Å²) < 4.78 is 36.2. The predicted octanol–water partition coefficient (Wildman–Crippen LogP) is 3.57. The number of hydrogen-bond acceptors (Lipinski definition) is 6. The van der Waals surface area contributed by atoms with Crippen molar-refractivity contribution in [3.63, 3.8) is 0 Å². The van der Waals surface area contributed by atoms with Gasteiger partial charge in [-0.3, -0.25) is 0 Å². The Morgan fingerprint density at radius 2 is 1.79 bits per heavy atom. The Bertz CT molecular complexity index is 1410. The molecule has 0 aliphatic rings. The van der Waals surface area contributed by atoms with Crippen molar-refractivity contribution < 1.29 is 13.2 Å². The number of nitrogens with one attached hydrogen (secondary N) is 1. The van der Waals surface area contributed by atoms with E-state index in [0.29, 0.717) is 11.2 Å². The molecule has 9 heteroatoms. The van der Waals surface area contributed by atoms with Crippen LogP contribution in [0.25, 0.3) is 16.8 Å². The molecule has 0 aliphatic carbocycles. The summed E-state index contributed by atoms with van der Waals surface area (Å²) in [6, 6.07) is 14.7. The molecule has 8 nitrogen and oxygen atoms in total. The van der Waals surface area contributed by atoms with Gasteiger partial charge in [0.05, 0.1) is 13.3 Å². The normalized spacial score (nSPS) is 11.7. The molecular formula is C24H27N5O3S. The van der Waals surface area contributed by atoms with Gasteiger partial charge in [-0.1, -0.05) is 18.2 Å². The molecular weight excluding hydrogens is 438 g/mol. The Labute approximate surface area is 193 Å². The summed E-state index contributed by atoms with van der Waals surface area (Å²) in [5.74, 6) is 0.269. The second kappa shape index (κ2) is 8.84. The molecule has 0 atom stereocenters. The summed E-state index contributed by atoms with van der Waals surface area (Å²) >= 11 is 0. The van der Waals surface area contributed by atoms with Crippen molar-refractivity contribution in [2.24, 2.45) is 0 Å². The molecule has 0 amide bonds. The molecule has 172 valence electrons. The summed E-state index contributed by atoms with van der Waals surface area (Å²) in [5.41, 5.74) is 5.84. The third-order valence-corrected chi connectivity index (χ3v) is 6.88. The van der Waals surface area contributed by atoms with Crippen LogP contribution in [0.3, 0.4) is 0 Å². The molecule has 1 N–H and O–H groups in total. The summed E-state index contributed by atoms with van der Waals surface area (Å²) in [6.07, 6.45) is 1.70. The average Bonchev–Trinajstić information content (AvgIpc) is 3.21. The van der Waals surface area contributed by atoms with E-state index in [1.54, 1.807) is 22.8 Å². The number of sulfonamides is 1. The Hall–Kier alpha value is -3.43. The van der Waals surface area contributed by atoms with Crippen LogP contribution >= 0.6 is 0 Å². The van der Waals surface area contributed by atoms with Gasteiger partial charge in [0.2, 0.25) is 10.0 Å². The number of fused-ring (bicyclic) bond motifs is 1. The lowest BCUT2D eigenvalue weighted by molar-refractivity contribution is 0.402. The first-order valence-corrected chi connectivity index (χ1v) is 11.9. The lowest BCUT2D eigenvalue weighted by Gasteiger charge is -2.14. The van der Waals surface area contributed by atoms with E-state index in [4.69, 9.17) is 4.74 Å². The Morgan fingerprint density at radius 1 is 1.06 bits per heavy atom. The zero-order chi connectivity index (χ0) is 23.8. The molecule has 0 bridgehead atoms. The van der Waals surface area contributed by atoms with Crippen molar-refractivity contribution in [3.05, 3.63) is 71.7 Å². The molecule has 0 spiro atoms. The molecule has 0 radical (unpaired) electrons.